The van der Waals surface area contributed by atoms with Crippen molar-refractivity contribution in [1.29, 1.82) is 0 Å². The third-order valence-electron chi connectivity index (χ3n) is 3.37. The second kappa shape index (κ2) is 7.76. The number of hydrogen-bond donors (Lipinski definition) is 0. The Morgan fingerprint density at radius 2 is 1.95 bits per heavy atom. The second-order valence-corrected chi connectivity index (χ2v) is 6.86. The number of benzene rings is 2. The zero-order valence-corrected chi connectivity index (χ0v) is 14.8. The summed E-state index contributed by atoms with van der Waals surface area (Å²) < 4.78 is 5.62. The van der Waals surface area contributed by atoms with Crippen molar-refractivity contribution in [3.8, 4) is 5.75 Å². The van der Waals surface area contributed by atoms with Gasteiger partial charge in [-0.1, -0.05) is 36.7 Å². The maximum atomic E-state index is 12.6. The van der Waals surface area contributed by atoms with E-state index < -0.39 is 0 Å². The standard InChI is InChI=1S/C18H20ClO2P/c1-4-10-21-14-8-9-16(13(3)11-14)22-18(20)17-12(2)6-5-7-15(17)19/h5-9,11,22H,4,10H2,1-3H3. The highest BCUT2D eigenvalue weighted by atomic mass is 35.5. The summed E-state index contributed by atoms with van der Waals surface area (Å²) in [5.74, 6) is 0.856. The van der Waals surface area contributed by atoms with Crippen molar-refractivity contribution in [1.82, 2.24) is 0 Å². The van der Waals surface area contributed by atoms with Crippen LogP contribution in [-0.2, 0) is 0 Å². The van der Waals surface area contributed by atoms with E-state index in [1.807, 2.05) is 44.2 Å². The summed E-state index contributed by atoms with van der Waals surface area (Å²) in [7, 11) is 0.0671. The van der Waals surface area contributed by atoms with E-state index in [-0.39, 0.29) is 14.1 Å². The summed E-state index contributed by atoms with van der Waals surface area (Å²) in [6, 6.07) is 11.4. The van der Waals surface area contributed by atoms with E-state index in [1.165, 1.54) is 0 Å². The summed E-state index contributed by atoms with van der Waals surface area (Å²) in [6.45, 7) is 6.71. The normalized spacial score (nSPS) is 11.1. The van der Waals surface area contributed by atoms with Gasteiger partial charge in [-0.2, -0.15) is 0 Å². The first kappa shape index (κ1) is 17.0. The molecule has 0 saturated heterocycles. The average molecular weight is 335 g/mol. The molecule has 0 amide bonds. The molecule has 22 heavy (non-hydrogen) atoms. The third kappa shape index (κ3) is 4.09. The minimum absolute atomic E-state index is 0.0671. The molecule has 116 valence electrons. The van der Waals surface area contributed by atoms with E-state index >= 15 is 0 Å². The molecule has 1 unspecified atom stereocenters. The summed E-state index contributed by atoms with van der Waals surface area (Å²) in [6.07, 6.45) is 0.979. The second-order valence-electron chi connectivity index (χ2n) is 5.21. The van der Waals surface area contributed by atoms with Gasteiger partial charge in [0.15, 0.2) is 5.52 Å². The number of carbonyl (C=O) groups excluding carboxylic acids is 1. The van der Waals surface area contributed by atoms with Crippen molar-refractivity contribution in [3.05, 3.63) is 58.1 Å². The predicted octanol–water partition coefficient (Wildman–Crippen LogP) is 4.89. The Hall–Kier alpha value is -1.37. The van der Waals surface area contributed by atoms with Crippen LogP contribution in [-0.4, -0.2) is 12.1 Å². The number of rotatable bonds is 6. The van der Waals surface area contributed by atoms with Gasteiger partial charge >= 0.3 is 0 Å². The summed E-state index contributed by atoms with van der Waals surface area (Å²) in [5, 5.41) is 1.56. The zero-order valence-electron chi connectivity index (χ0n) is 13.1. The fourth-order valence-electron chi connectivity index (χ4n) is 2.19. The Morgan fingerprint density at radius 3 is 2.59 bits per heavy atom. The van der Waals surface area contributed by atoms with E-state index in [9.17, 15) is 4.79 Å². The maximum absolute atomic E-state index is 12.6. The molecule has 2 rings (SSSR count). The molecule has 0 fully saturated rings. The molecular weight excluding hydrogens is 315 g/mol. The van der Waals surface area contributed by atoms with Crippen LogP contribution in [0, 0.1) is 13.8 Å². The number of ether oxygens (including phenoxy) is 1. The average Bonchev–Trinajstić information content (AvgIpc) is 2.47. The van der Waals surface area contributed by atoms with Gasteiger partial charge in [0.05, 0.1) is 11.6 Å². The van der Waals surface area contributed by atoms with Gasteiger partial charge in [-0.05, 0) is 63.5 Å². The molecule has 0 bridgehead atoms. The van der Waals surface area contributed by atoms with Gasteiger partial charge in [-0.15, -0.1) is 0 Å². The summed E-state index contributed by atoms with van der Waals surface area (Å²) in [4.78, 5) is 12.6. The Labute approximate surface area is 138 Å². The van der Waals surface area contributed by atoms with E-state index in [0.717, 1.165) is 28.6 Å². The van der Waals surface area contributed by atoms with Crippen LogP contribution in [0.5, 0.6) is 5.75 Å². The zero-order chi connectivity index (χ0) is 16.1. The lowest BCUT2D eigenvalue weighted by Gasteiger charge is -2.11. The molecule has 0 aliphatic heterocycles. The van der Waals surface area contributed by atoms with Crippen LogP contribution in [0.3, 0.4) is 0 Å². The lowest BCUT2D eigenvalue weighted by atomic mass is 10.1. The summed E-state index contributed by atoms with van der Waals surface area (Å²) in [5.41, 5.74) is 2.71. The van der Waals surface area contributed by atoms with E-state index in [4.69, 9.17) is 16.3 Å². The first-order valence-electron chi connectivity index (χ1n) is 7.33. The molecule has 0 N–H and O–H groups in total. The fraction of sp³-hybridized carbons (Fsp3) is 0.278. The highest BCUT2D eigenvalue weighted by molar-refractivity contribution is 7.66. The smallest absolute Gasteiger partial charge is 0.187 e. The number of carbonyl (C=O) groups is 1. The topological polar surface area (TPSA) is 26.3 Å². The van der Waals surface area contributed by atoms with Gasteiger partial charge in [0.2, 0.25) is 0 Å². The van der Waals surface area contributed by atoms with Gasteiger partial charge in [0, 0.05) is 5.56 Å². The molecule has 2 aromatic rings. The van der Waals surface area contributed by atoms with Crippen molar-refractivity contribution >= 4 is 31.0 Å². The Balaban J connectivity index is 2.18. The maximum Gasteiger partial charge on any atom is 0.187 e. The Bertz CT molecular complexity index is 663. The molecular formula is C18H20ClO2P. The molecule has 4 heteroatoms. The van der Waals surface area contributed by atoms with Gasteiger partial charge in [-0.3, -0.25) is 4.79 Å². The first-order chi connectivity index (χ1) is 10.5. The van der Waals surface area contributed by atoms with E-state index in [0.29, 0.717) is 17.2 Å². The SMILES string of the molecule is CCCOc1ccc(PC(=O)c2c(C)cccc2Cl)c(C)c1. The largest absolute Gasteiger partial charge is 0.494 e. The molecule has 0 aliphatic carbocycles. The molecule has 2 nitrogen and oxygen atoms in total. The number of hydrogen-bond acceptors (Lipinski definition) is 2. The Kier molecular flexibility index (Phi) is 5.99. The van der Waals surface area contributed by atoms with Gasteiger partial charge in [-0.25, -0.2) is 0 Å². The highest BCUT2D eigenvalue weighted by Gasteiger charge is 2.15. The molecule has 1 atom stereocenters. The highest BCUT2D eigenvalue weighted by Crippen LogP contribution is 2.28. The first-order valence-corrected chi connectivity index (χ1v) is 8.70. The minimum atomic E-state index is 0.0671. The van der Waals surface area contributed by atoms with Gasteiger partial charge in [0.25, 0.3) is 0 Å². The van der Waals surface area contributed by atoms with Crippen molar-refractivity contribution in [3.63, 3.8) is 0 Å². The molecule has 0 saturated carbocycles. The molecule has 0 radical (unpaired) electrons. The van der Waals surface area contributed by atoms with Crippen molar-refractivity contribution in [2.24, 2.45) is 0 Å². The van der Waals surface area contributed by atoms with Crippen LogP contribution in [0.2, 0.25) is 5.02 Å². The molecule has 0 aromatic heterocycles. The third-order valence-corrected chi connectivity index (χ3v) is 4.99. The van der Waals surface area contributed by atoms with Crippen LogP contribution >= 0.6 is 20.2 Å². The lowest BCUT2D eigenvalue weighted by molar-refractivity contribution is 0.108. The van der Waals surface area contributed by atoms with Gasteiger partial charge < -0.3 is 4.74 Å². The van der Waals surface area contributed by atoms with E-state index in [2.05, 4.69) is 6.92 Å². The minimum Gasteiger partial charge on any atom is -0.494 e. The van der Waals surface area contributed by atoms with Crippen molar-refractivity contribution in [2.75, 3.05) is 6.61 Å². The van der Waals surface area contributed by atoms with Crippen molar-refractivity contribution < 1.29 is 9.53 Å². The van der Waals surface area contributed by atoms with Crippen LogP contribution in [0.15, 0.2) is 36.4 Å². The van der Waals surface area contributed by atoms with Crippen molar-refractivity contribution in [2.45, 2.75) is 27.2 Å². The number of halogens is 1. The van der Waals surface area contributed by atoms with Crippen LogP contribution < -0.4 is 10.0 Å². The van der Waals surface area contributed by atoms with Crippen LogP contribution in [0.1, 0.15) is 34.8 Å². The van der Waals surface area contributed by atoms with Gasteiger partial charge in [0.1, 0.15) is 5.75 Å². The molecule has 0 heterocycles. The van der Waals surface area contributed by atoms with Crippen LogP contribution in [0.25, 0.3) is 0 Å². The Morgan fingerprint density at radius 1 is 1.18 bits per heavy atom. The summed E-state index contributed by atoms with van der Waals surface area (Å²) >= 11 is 6.18. The fourth-order valence-corrected chi connectivity index (χ4v) is 3.71. The van der Waals surface area contributed by atoms with E-state index in [1.54, 1.807) is 6.07 Å². The lowest BCUT2D eigenvalue weighted by Crippen LogP contribution is -2.07. The number of aryl methyl sites for hydroxylation is 2. The predicted molar refractivity (Wildman–Crippen MR) is 95.4 cm³/mol. The quantitative estimate of drug-likeness (QED) is 0.703. The monoisotopic (exact) mass is 334 g/mol. The molecule has 0 spiro atoms. The molecule has 2 aromatic carbocycles. The molecule has 0 aliphatic rings. The van der Waals surface area contributed by atoms with Crippen LogP contribution in [0.4, 0.5) is 0 Å².